The van der Waals surface area contributed by atoms with Crippen LogP contribution in [0.1, 0.15) is 44.9 Å². The molecule has 140 valence electrons. The SMILES string of the molecule is O=C1CC(CCC[S+]([O-])CCC[S+]([O-])CCCC2=COC(=O)C2)=CO1. The third-order valence-electron chi connectivity index (χ3n) is 3.94. The van der Waals surface area contributed by atoms with Gasteiger partial charge in [0.25, 0.3) is 0 Å². The molecule has 0 amide bonds. The van der Waals surface area contributed by atoms with E-state index in [4.69, 9.17) is 9.47 Å². The molecular formula is C17H24O6S2. The Morgan fingerprint density at radius 2 is 1.16 bits per heavy atom. The van der Waals surface area contributed by atoms with Crippen molar-refractivity contribution in [3.63, 3.8) is 0 Å². The van der Waals surface area contributed by atoms with Gasteiger partial charge < -0.3 is 18.6 Å². The standard InChI is InChI=1S/C17H24O6S2/c18-16-10-14(12-22-16)4-1-6-24(20)8-3-9-25(21)7-2-5-15-11-17(19)23-13-15/h12-13H,1-11H2. The van der Waals surface area contributed by atoms with Crippen LogP contribution in [-0.2, 0) is 41.4 Å². The van der Waals surface area contributed by atoms with Gasteiger partial charge in [-0.2, -0.15) is 0 Å². The predicted octanol–water partition coefficient (Wildman–Crippen LogP) is 2.10. The molecule has 0 aliphatic carbocycles. The Morgan fingerprint density at radius 1 is 0.760 bits per heavy atom. The minimum Gasteiger partial charge on any atom is -0.616 e. The number of rotatable bonds is 12. The topological polar surface area (TPSA) is 98.7 Å². The van der Waals surface area contributed by atoms with Gasteiger partial charge >= 0.3 is 11.9 Å². The van der Waals surface area contributed by atoms with E-state index in [9.17, 15) is 18.7 Å². The zero-order valence-corrected chi connectivity index (χ0v) is 15.8. The number of hydrogen-bond donors (Lipinski definition) is 0. The van der Waals surface area contributed by atoms with Crippen LogP contribution in [0.4, 0.5) is 0 Å². The minimum absolute atomic E-state index is 0.220. The number of carbonyl (C=O) groups excluding carboxylic acids is 2. The summed E-state index contributed by atoms with van der Waals surface area (Å²) in [6.07, 6.45) is 7.41. The highest BCUT2D eigenvalue weighted by molar-refractivity contribution is 7.92. The molecule has 0 N–H and O–H groups in total. The molecule has 6 nitrogen and oxygen atoms in total. The quantitative estimate of drug-likeness (QED) is 0.375. The molecule has 2 atom stereocenters. The summed E-state index contributed by atoms with van der Waals surface area (Å²) >= 11 is -1.81. The molecule has 2 unspecified atom stereocenters. The van der Waals surface area contributed by atoms with Crippen molar-refractivity contribution in [2.24, 2.45) is 0 Å². The number of cyclic esters (lactones) is 2. The Bertz CT molecular complexity index is 485. The summed E-state index contributed by atoms with van der Waals surface area (Å²) in [5.41, 5.74) is 1.93. The Labute approximate surface area is 154 Å². The second-order valence-corrected chi connectivity index (χ2v) is 9.53. The number of carbonyl (C=O) groups is 2. The van der Waals surface area contributed by atoms with E-state index in [1.54, 1.807) is 0 Å². The largest absolute Gasteiger partial charge is 0.616 e. The van der Waals surface area contributed by atoms with Crippen molar-refractivity contribution in [3.8, 4) is 0 Å². The molecule has 0 bridgehead atoms. The van der Waals surface area contributed by atoms with E-state index in [0.717, 1.165) is 36.8 Å². The van der Waals surface area contributed by atoms with Gasteiger partial charge in [0.05, 0.1) is 25.4 Å². The van der Waals surface area contributed by atoms with Gasteiger partial charge in [0.15, 0.2) is 0 Å². The van der Waals surface area contributed by atoms with Gasteiger partial charge in [-0.15, -0.1) is 0 Å². The van der Waals surface area contributed by atoms with Crippen LogP contribution < -0.4 is 0 Å². The number of hydrogen-bond acceptors (Lipinski definition) is 6. The number of ether oxygens (including phenoxy) is 2. The van der Waals surface area contributed by atoms with Crippen LogP contribution in [0.3, 0.4) is 0 Å². The summed E-state index contributed by atoms with van der Waals surface area (Å²) in [4.78, 5) is 21.9. The fourth-order valence-corrected chi connectivity index (χ4v) is 5.09. The van der Waals surface area contributed by atoms with E-state index in [2.05, 4.69) is 0 Å². The van der Waals surface area contributed by atoms with Crippen LogP contribution in [0.15, 0.2) is 23.7 Å². The first-order valence-corrected chi connectivity index (χ1v) is 11.5. The maximum atomic E-state index is 11.9. The molecule has 0 saturated heterocycles. The first-order chi connectivity index (χ1) is 12.0. The molecule has 2 heterocycles. The highest BCUT2D eigenvalue weighted by Gasteiger charge is 2.17. The highest BCUT2D eigenvalue weighted by atomic mass is 32.2. The van der Waals surface area contributed by atoms with Gasteiger partial charge in [0, 0.05) is 6.42 Å². The Morgan fingerprint density at radius 3 is 1.52 bits per heavy atom. The molecule has 0 fully saturated rings. The molecule has 2 aliphatic heterocycles. The van der Waals surface area contributed by atoms with Gasteiger partial charge in [-0.1, -0.05) is 22.4 Å². The smallest absolute Gasteiger partial charge is 0.314 e. The van der Waals surface area contributed by atoms with Crippen LogP contribution >= 0.6 is 0 Å². The summed E-state index contributed by atoms with van der Waals surface area (Å²) in [6, 6.07) is 0. The molecular weight excluding hydrogens is 364 g/mol. The van der Waals surface area contributed by atoms with E-state index in [0.29, 0.717) is 42.3 Å². The molecule has 2 rings (SSSR count). The second-order valence-electron chi connectivity index (χ2n) is 6.14. The summed E-state index contributed by atoms with van der Waals surface area (Å²) < 4.78 is 33.3. The van der Waals surface area contributed by atoms with Crippen LogP contribution in [0.2, 0.25) is 0 Å². The molecule has 0 saturated carbocycles. The van der Waals surface area contributed by atoms with Crippen molar-refractivity contribution in [1.29, 1.82) is 0 Å². The second kappa shape index (κ2) is 10.9. The lowest BCUT2D eigenvalue weighted by Gasteiger charge is -2.13. The normalized spacial score (nSPS) is 19.3. The Balaban J connectivity index is 1.44. The molecule has 25 heavy (non-hydrogen) atoms. The van der Waals surface area contributed by atoms with E-state index >= 15 is 0 Å². The third kappa shape index (κ3) is 8.31. The van der Waals surface area contributed by atoms with E-state index in [-0.39, 0.29) is 11.9 Å². The van der Waals surface area contributed by atoms with Crippen molar-refractivity contribution in [2.45, 2.75) is 44.9 Å². The van der Waals surface area contributed by atoms with Gasteiger partial charge in [-0.25, -0.2) is 0 Å². The molecule has 0 aromatic heterocycles. The van der Waals surface area contributed by atoms with Gasteiger partial charge in [-0.05, 0) is 36.8 Å². The van der Waals surface area contributed by atoms with Gasteiger partial charge in [0.2, 0.25) is 0 Å². The lowest BCUT2D eigenvalue weighted by atomic mass is 10.1. The third-order valence-corrected chi connectivity index (χ3v) is 6.92. The monoisotopic (exact) mass is 388 g/mol. The van der Waals surface area contributed by atoms with Gasteiger partial charge in [-0.3, -0.25) is 9.59 Å². The predicted molar refractivity (Wildman–Crippen MR) is 96.4 cm³/mol. The first-order valence-electron chi connectivity index (χ1n) is 8.47. The minimum atomic E-state index is -0.907. The average molecular weight is 389 g/mol. The zero-order chi connectivity index (χ0) is 18.1. The van der Waals surface area contributed by atoms with Crippen molar-refractivity contribution in [1.82, 2.24) is 0 Å². The fourth-order valence-electron chi connectivity index (χ4n) is 2.64. The lowest BCUT2D eigenvalue weighted by Crippen LogP contribution is -2.17. The molecule has 0 aromatic carbocycles. The van der Waals surface area contributed by atoms with Crippen molar-refractivity contribution in [3.05, 3.63) is 23.7 Å². The van der Waals surface area contributed by atoms with E-state index < -0.39 is 22.4 Å². The molecule has 2 aliphatic rings. The van der Waals surface area contributed by atoms with Crippen LogP contribution in [0.25, 0.3) is 0 Å². The lowest BCUT2D eigenvalue weighted by molar-refractivity contribution is -0.136. The highest BCUT2D eigenvalue weighted by Crippen LogP contribution is 2.19. The number of esters is 2. The summed E-state index contributed by atoms with van der Waals surface area (Å²) in [5.74, 6) is 1.88. The fraction of sp³-hybridized carbons (Fsp3) is 0.647. The zero-order valence-electron chi connectivity index (χ0n) is 14.2. The molecule has 8 heteroatoms. The van der Waals surface area contributed by atoms with E-state index in [1.807, 2.05) is 0 Å². The molecule has 0 aromatic rings. The van der Waals surface area contributed by atoms with Crippen LogP contribution in [0, 0.1) is 0 Å². The van der Waals surface area contributed by atoms with E-state index in [1.165, 1.54) is 12.5 Å². The van der Waals surface area contributed by atoms with Crippen molar-refractivity contribution in [2.75, 3.05) is 23.0 Å². The Hall–Kier alpha value is -0.960. The van der Waals surface area contributed by atoms with Crippen molar-refractivity contribution < 1.29 is 28.2 Å². The molecule has 0 spiro atoms. The summed E-state index contributed by atoms with van der Waals surface area (Å²) in [5, 5.41) is 0. The summed E-state index contributed by atoms with van der Waals surface area (Å²) in [7, 11) is 0. The maximum absolute atomic E-state index is 11.9. The van der Waals surface area contributed by atoms with Gasteiger partial charge in [0.1, 0.15) is 23.0 Å². The molecule has 0 radical (unpaired) electrons. The van der Waals surface area contributed by atoms with Crippen molar-refractivity contribution >= 4 is 34.3 Å². The Kier molecular flexibility index (Phi) is 8.88. The summed E-state index contributed by atoms with van der Waals surface area (Å²) in [6.45, 7) is 0. The van der Waals surface area contributed by atoms with Crippen LogP contribution in [-0.4, -0.2) is 44.1 Å². The average Bonchev–Trinajstić information content (AvgIpc) is 3.16. The first kappa shape index (κ1) is 20.4. The maximum Gasteiger partial charge on any atom is 0.314 e. The van der Waals surface area contributed by atoms with Crippen LogP contribution in [0.5, 0.6) is 0 Å².